The fourth-order valence-electron chi connectivity index (χ4n) is 2.53. The highest BCUT2D eigenvalue weighted by Crippen LogP contribution is 2.35. The first-order chi connectivity index (χ1) is 13.1. The molecular formula is C19H15ClF3NO4. The highest BCUT2D eigenvalue weighted by Gasteiger charge is 2.33. The number of carbonyl (C=O) groups excluding carboxylic acids is 1. The summed E-state index contributed by atoms with van der Waals surface area (Å²) in [5, 5.41) is 11.5. The number of ether oxygens (including phenoxy) is 1. The molecule has 1 amide bonds. The average Bonchev–Trinajstić information content (AvgIpc) is 3.46. The molecule has 0 bridgehead atoms. The van der Waals surface area contributed by atoms with Gasteiger partial charge in [0.1, 0.15) is 12.4 Å². The molecule has 2 aromatic rings. The van der Waals surface area contributed by atoms with Crippen molar-refractivity contribution < 1.29 is 32.6 Å². The molecular weight excluding hydrogens is 399 g/mol. The number of nitrogens with one attached hydrogen (secondary N) is 1. The standard InChI is InChI=1S/C19H15ClF3NO4/c20-15-5-1-10(7-14(15)19(21,22)23)9-28-12-4-6-16(13(8-12)18(26)27)24-17(25)11-2-3-11/h1,4-8,11H,2-3,9H2,(H,24,25)(H,26,27). The lowest BCUT2D eigenvalue weighted by Gasteiger charge is -2.13. The number of hydrogen-bond donors (Lipinski definition) is 2. The van der Waals surface area contributed by atoms with E-state index in [9.17, 15) is 27.9 Å². The fraction of sp³-hybridized carbons (Fsp3) is 0.263. The number of hydrogen-bond acceptors (Lipinski definition) is 3. The predicted octanol–water partition coefficient (Wildman–Crippen LogP) is 4.98. The minimum atomic E-state index is -4.59. The van der Waals surface area contributed by atoms with Crippen molar-refractivity contribution in [2.24, 2.45) is 5.92 Å². The van der Waals surface area contributed by atoms with Gasteiger partial charge in [-0.25, -0.2) is 4.79 Å². The molecule has 3 rings (SSSR count). The van der Waals surface area contributed by atoms with E-state index in [-0.39, 0.29) is 41.0 Å². The third-order valence-corrected chi connectivity index (χ3v) is 4.50. The maximum atomic E-state index is 12.9. The van der Waals surface area contributed by atoms with Gasteiger partial charge in [0.15, 0.2) is 0 Å². The average molecular weight is 414 g/mol. The largest absolute Gasteiger partial charge is 0.489 e. The monoisotopic (exact) mass is 413 g/mol. The van der Waals surface area contributed by atoms with Crippen LogP contribution in [0.4, 0.5) is 18.9 Å². The summed E-state index contributed by atoms with van der Waals surface area (Å²) in [6, 6.07) is 7.44. The smallest absolute Gasteiger partial charge is 0.417 e. The topological polar surface area (TPSA) is 75.6 Å². The molecule has 0 radical (unpaired) electrons. The number of carbonyl (C=O) groups is 2. The van der Waals surface area contributed by atoms with Crippen LogP contribution >= 0.6 is 11.6 Å². The van der Waals surface area contributed by atoms with Crippen molar-refractivity contribution >= 4 is 29.2 Å². The zero-order valence-corrected chi connectivity index (χ0v) is 15.1. The van der Waals surface area contributed by atoms with Crippen LogP contribution < -0.4 is 10.1 Å². The third kappa shape index (κ3) is 4.75. The summed E-state index contributed by atoms with van der Waals surface area (Å²) in [5.41, 5.74) is -0.777. The summed E-state index contributed by atoms with van der Waals surface area (Å²) in [6.07, 6.45) is -3.04. The van der Waals surface area contributed by atoms with Crippen molar-refractivity contribution in [1.29, 1.82) is 0 Å². The van der Waals surface area contributed by atoms with Gasteiger partial charge in [-0.15, -0.1) is 0 Å². The van der Waals surface area contributed by atoms with E-state index < -0.39 is 22.7 Å². The first kappa shape index (κ1) is 20.0. The number of benzene rings is 2. The molecule has 2 N–H and O–H groups in total. The van der Waals surface area contributed by atoms with E-state index in [0.717, 1.165) is 25.0 Å². The van der Waals surface area contributed by atoms with E-state index in [0.29, 0.717) is 0 Å². The third-order valence-electron chi connectivity index (χ3n) is 4.17. The fourth-order valence-corrected chi connectivity index (χ4v) is 2.75. The maximum absolute atomic E-state index is 12.9. The number of halogens is 4. The number of anilines is 1. The second-order valence-corrected chi connectivity index (χ2v) is 6.78. The van der Waals surface area contributed by atoms with Gasteiger partial charge in [0, 0.05) is 5.92 Å². The van der Waals surface area contributed by atoms with E-state index in [2.05, 4.69) is 5.32 Å². The number of aromatic carboxylic acids is 1. The van der Waals surface area contributed by atoms with Crippen LogP contribution in [0.5, 0.6) is 5.75 Å². The number of alkyl halides is 3. The number of carboxylic acid groups (broad SMARTS) is 1. The Hall–Kier alpha value is -2.74. The lowest BCUT2D eigenvalue weighted by atomic mass is 10.1. The van der Waals surface area contributed by atoms with Crippen molar-refractivity contribution in [2.75, 3.05) is 5.32 Å². The molecule has 9 heteroatoms. The Labute approximate surface area is 163 Å². The van der Waals surface area contributed by atoms with Gasteiger partial charge in [-0.1, -0.05) is 17.7 Å². The molecule has 1 aliphatic rings. The second-order valence-electron chi connectivity index (χ2n) is 6.38. The quantitative estimate of drug-likeness (QED) is 0.700. The van der Waals surface area contributed by atoms with Gasteiger partial charge in [-0.2, -0.15) is 13.2 Å². The van der Waals surface area contributed by atoms with Gasteiger partial charge >= 0.3 is 12.1 Å². The van der Waals surface area contributed by atoms with Gasteiger partial charge in [0.25, 0.3) is 0 Å². The molecule has 1 fully saturated rings. The Balaban J connectivity index is 1.75. The molecule has 5 nitrogen and oxygen atoms in total. The summed E-state index contributed by atoms with van der Waals surface area (Å²) in [6.45, 7) is -0.215. The SMILES string of the molecule is O=C(O)c1cc(OCc2ccc(Cl)c(C(F)(F)F)c2)ccc1NC(=O)C1CC1. The van der Waals surface area contributed by atoms with Crippen molar-refractivity contribution in [1.82, 2.24) is 0 Å². The molecule has 0 aromatic heterocycles. The molecule has 1 saturated carbocycles. The van der Waals surface area contributed by atoms with Gasteiger partial charge in [0.2, 0.25) is 5.91 Å². The minimum Gasteiger partial charge on any atom is -0.489 e. The van der Waals surface area contributed by atoms with E-state index in [4.69, 9.17) is 16.3 Å². The van der Waals surface area contributed by atoms with Gasteiger partial charge < -0.3 is 15.2 Å². The molecule has 28 heavy (non-hydrogen) atoms. The first-order valence-corrected chi connectivity index (χ1v) is 8.69. The number of amides is 1. The second kappa shape index (κ2) is 7.71. The summed E-state index contributed by atoms with van der Waals surface area (Å²) in [7, 11) is 0. The zero-order chi connectivity index (χ0) is 20.5. The molecule has 0 heterocycles. The van der Waals surface area contributed by atoms with E-state index >= 15 is 0 Å². The first-order valence-electron chi connectivity index (χ1n) is 8.32. The van der Waals surface area contributed by atoms with E-state index in [1.807, 2.05) is 0 Å². The van der Waals surface area contributed by atoms with E-state index in [1.165, 1.54) is 24.3 Å². The Morgan fingerprint density at radius 1 is 1.18 bits per heavy atom. The Morgan fingerprint density at radius 3 is 2.50 bits per heavy atom. The minimum absolute atomic E-state index is 0.0923. The summed E-state index contributed by atoms with van der Waals surface area (Å²) >= 11 is 5.58. The van der Waals surface area contributed by atoms with Crippen LogP contribution in [0.3, 0.4) is 0 Å². The summed E-state index contributed by atoms with van der Waals surface area (Å²) < 4.78 is 44.2. The Bertz CT molecular complexity index is 926. The van der Waals surface area contributed by atoms with Crippen molar-refractivity contribution in [3.8, 4) is 5.75 Å². The lowest BCUT2D eigenvalue weighted by Crippen LogP contribution is -2.16. The lowest BCUT2D eigenvalue weighted by molar-refractivity contribution is -0.137. The summed E-state index contributed by atoms with van der Waals surface area (Å²) in [5.74, 6) is -1.45. The van der Waals surface area contributed by atoms with Crippen molar-refractivity contribution in [3.63, 3.8) is 0 Å². The molecule has 0 atom stereocenters. The van der Waals surface area contributed by atoms with Gasteiger partial charge in [-0.3, -0.25) is 4.79 Å². The highest BCUT2D eigenvalue weighted by atomic mass is 35.5. The Morgan fingerprint density at radius 2 is 1.89 bits per heavy atom. The van der Waals surface area contributed by atoms with Crippen LogP contribution in [0, 0.1) is 5.92 Å². The maximum Gasteiger partial charge on any atom is 0.417 e. The molecule has 0 saturated heterocycles. The van der Waals surface area contributed by atoms with Gasteiger partial charge in [0.05, 0.1) is 21.8 Å². The van der Waals surface area contributed by atoms with Crippen LogP contribution in [-0.2, 0) is 17.6 Å². The normalized spacial score (nSPS) is 13.9. The zero-order valence-electron chi connectivity index (χ0n) is 14.3. The Kier molecular flexibility index (Phi) is 5.51. The van der Waals surface area contributed by atoms with Crippen LogP contribution in [-0.4, -0.2) is 17.0 Å². The van der Waals surface area contributed by atoms with Crippen LogP contribution in [0.2, 0.25) is 5.02 Å². The van der Waals surface area contributed by atoms with Crippen LogP contribution in [0.25, 0.3) is 0 Å². The molecule has 0 spiro atoms. The molecule has 148 valence electrons. The molecule has 0 unspecified atom stereocenters. The predicted molar refractivity (Wildman–Crippen MR) is 95.5 cm³/mol. The highest BCUT2D eigenvalue weighted by molar-refractivity contribution is 6.31. The number of rotatable bonds is 6. The molecule has 0 aliphatic heterocycles. The number of carboxylic acids is 1. The van der Waals surface area contributed by atoms with Crippen molar-refractivity contribution in [3.05, 3.63) is 58.1 Å². The molecule has 1 aliphatic carbocycles. The van der Waals surface area contributed by atoms with Crippen LogP contribution in [0.1, 0.15) is 34.3 Å². The van der Waals surface area contributed by atoms with Gasteiger partial charge in [-0.05, 0) is 48.7 Å². The molecule has 2 aromatic carbocycles. The van der Waals surface area contributed by atoms with Crippen LogP contribution in [0.15, 0.2) is 36.4 Å². The van der Waals surface area contributed by atoms with Crippen molar-refractivity contribution in [2.45, 2.75) is 25.6 Å². The summed E-state index contributed by atoms with van der Waals surface area (Å²) in [4.78, 5) is 23.3. The van der Waals surface area contributed by atoms with E-state index in [1.54, 1.807) is 0 Å².